The summed E-state index contributed by atoms with van der Waals surface area (Å²) in [6.07, 6.45) is 2.29. The predicted molar refractivity (Wildman–Crippen MR) is 92.5 cm³/mol. The lowest BCUT2D eigenvalue weighted by molar-refractivity contribution is -0.127. The Kier molecular flexibility index (Phi) is 5.28. The van der Waals surface area contributed by atoms with Crippen LogP contribution >= 0.6 is 0 Å². The van der Waals surface area contributed by atoms with Gasteiger partial charge in [0.1, 0.15) is 5.75 Å². The molecule has 2 N–H and O–H groups in total. The Bertz CT molecular complexity index is 731. The van der Waals surface area contributed by atoms with E-state index in [4.69, 9.17) is 4.74 Å². The highest BCUT2D eigenvalue weighted by atomic mass is 16.5. The van der Waals surface area contributed by atoms with Crippen LogP contribution in [0.1, 0.15) is 17.7 Å². The molecule has 2 amide bonds. The second kappa shape index (κ2) is 7.79. The summed E-state index contributed by atoms with van der Waals surface area (Å²) in [6, 6.07) is 13.1. The van der Waals surface area contributed by atoms with Gasteiger partial charge in [0.05, 0.1) is 31.2 Å². The highest BCUT2D eigenvalue weighted by Gasteiger charge is 2.47. The molecule has 1 heterocycles. The number of nitrogens with one attached hydrogen (secondary N) is 2. The van der Waals surface area contributed by atoms with Crippen LogP contribution in [0.15, 0.2) is 48.7 Å². The molecule has 1 saturated carbocycles. The topological polar surface area (TPSA) is 80.3 Å². The average Bonchev–Trinajstić information content (AvgIpc) is 3.46. The van der Waals surface area contributed by atoms with Crippen LogP contribution in [0.2, 0.25) is 0 Å². The smallest absolute Gasteiger partial charge is 0.224 e. The number of rotatable bonds is 7. The minimum absolute atomic E-state index is 0.0752. The van der Waals surface area contributed by atoms with Gasteiger partial charge in [-0.05, 0) is 36.2 Å². The van der Waals surface area contributed by atoms with Crippen LogP contribution in [0.3, 0.4) is 0 Å². The van der Waals surface area contributed by atoms with E-state index < -0.39 is 0 Å². The molecule has 1 aromatic heterocycles. The van der Waals surface area contributed by atoms with Gasteiger partial charge in [-0.15, -0.1) is 0 Å². The van der Waals surface area contributed by atoms with Gasteiger partial charge in [0, 0.05) is 12.7 Å². The zero-order valence-electron chi connectivity index (χ0n) is 14.1. The fourth-order valence-electron chi connectivity index (χ4n) is 2.65. The first-order valence-corrected chi connectivity index (χ1v) is 8.25. The fourth-order valence-corrected chi connectivity index (χ4v) is 2.65. The summed E-state index contributed by atoms with van der Waals surface area (Å²) in [6.45, 7) is 0.831. The number of carbonyl (C=O) groups is 2. The minimum Gasteiger partial charge on any atom is -0.497 e. The molecule has 6 heteroatoms. The lowest BCUT2D eigenvalue weighted by Crippen LogP contribution is -2.29. The number of carbonyl (C=O) groups excluding carboxylic acids is 2. The molecule has 0 saturated heterocycles. The van der Waals surface area contributed by atoms with Gasteiger partial charge in [-0.1, -0.05) is 18.2 Å². The Hall–Kier alpha value is -2.89. The second-order valence-corrected chi connectivity index (χ2v) is 6.05. The van der Waals surface area contributed by atoms with Crippen LogP contribution in [0, 0.1) is 11.8 Å². The fraction of sp³-hybridized carbons (Fsp3) is 0.316. The van der Waals surface area contributed by atoms with Crippen molar-refractivity contribution in [2.24, 2.45) is 11.8 Å². The SMILES string of the molecule is COc1ccc(CNC(=O)C2CC2C(=O)NCc2ccccn2)cc1. The molecule has 6 nitrogen and oxygen atoms in total. The zero-order chi connectivity index (χ0) is 17.6. The third kappa shape index (κ3) is 4.56. The number of ether oxygens (including phenoxy) is 1. The van der Waals surface area contributed by atoms with Crippen LogP contribution < -0.4 is 15.4 Å². The summed E-state index contributed by atoms with van der Waals surface area (Å²) in [4.78, 5) is 28.4. The van der Waals surface area contributed by atoms with E-state index in [9.17, 15) is 9.59 Å². The maximum absolute atomic E-state index is 12.2. The van der Waals surface area contributed by atoms with E-state index in [0.717, 1.165) is 17.0 Å². The molecular weight excluding hydrogens is 318 g/mol. The number of methoxy groups -OCH3 is 1. The van der Waals surface area contributed by atoms with E-state index in [-0.39, 0.29) is 23.7 Å². The van der Waals surface area contributed by atoms with Crippen molar-refractivity contribution in [1.82, 2.24) is 15.6 Å². The van der Waals surface area contributed by atoms with Crippen molar-refractivity contribution in [3.63, 3.8) is 0 Å². The minimum atomic E-state index is -0.237. The van der Waals surface area contributed by atoms with Gasteiger partial charge >= 0.3 is 0 Å². The first kappa shape index (κ1) is 17.0. The molecule has 1 aliphatic rings. The third-order valence-corrected chi connectivity index (χ3v) is 4.26. The van der Waals surface area contributed by atoms with Crippen LogP contribution in [-0.2, 0) is 22.7 Å². The van der Waals surface area contributed by atoms with E-state index in [0.29, 0.717) is 19.5 Å². The quantitative estimate of drug-likeness (QED) is 0.804. The van der Waals surface area contributed by atoms with Crippen molar-refractivity contribution in [1.29, 1.82) is 0 Å². The molecule has 25 heavy (non-hydrogen) atoms. The summed E-state index contributed by atoms with van der Waals surface area (Å²) in [7, 11) is 1.61. The number of aromatic nitrogens is 1. The van der Waals surface area contributed by atoms with Gasteiger partial charge in [0.25, 0.3) is 0 Å². The number of nitrogens with zero attached hydrogens (tertiary/aromatic N) is 1. The van der Waals surface area contributed by atoms with E-state index >= 15 is 0 Å². The molecular formula is C19H21N3O3. The second-order valence-electron chi connectivity index (χ2n) is 6.05. The number of benzene rings is 1. The number of amides is 2. The van der Waals surface area contributed by atoms with Crippen LogP contribution in [0.25, 0.3) is 0 Å². The molecule has 130 valence electrons. The predicted octanol–water partition coefficient (Wildman–Crippen LogP) is 1.66. The van der Waals surface area contributed by atoms with Crippen molar-refractivity contribution in [3.05, 3.63) is 59.9 Å². The number of pyridine rings is 1. The first-order valence-electron chi connectivity index (χ1n) is 8.25. The maximum Gasteiger partial charge on any atom is 0.224 e. The third-order valence-electron chi connectivity index (χ3n) is 4.26. The summed E-state index contributed by atoms with van der Waals surface area (Å²) in [5.41, 5.74) is 1.79. The van der Waals surface area contributed by atoms with Gasteiger partial charge in [-0.25, -0.2) is 0 Å². The highest BCUT2D eigenvalue weighted by molar-refractivity contribution is 5.92. The Morgan fingerprint density at radius 1 is 1.04 bits per heavy atom. The van der Waals surface area contributed by atoms with Crippen molar-refractivity contribution < 1.29 is 14.3 Å². The average molecular weight is 339 g/mol. The lowest BCUT2D eigenvalue weighted by atomic mass is 10.2. The van der Waals surface area contributed by atoms with Crippen molar-refractivity contribution >= 4 is 11.8 Å². The van der Waals surface area contributed by atoms with E-state index in [1.807, 2.05) is 42.5 Å². The van der Waals surface area contributed by atoms with Crippen LogP contribution in [0.4, 0.5) is 0 Å². The van der Waals surface area contributed by atoms with Gasteiger partial charge in [0.15, 0.2) is 0 Å². The Labute approximate surface area is 146 Å². The molecule has 2 unspecified atom stereocenters. The highest BCUT2D eigenvalue weighted by Crippen LogP contribution is 2.38. The molecule has 1 aliphatic carbocycles. The molecule has 1 aromatic carbocycles. The number of hydrogen-bond acceptors (Lipinski definition) is 4. The number of hydrogen-bond donors (Lipinski definition) is 2. The van der Waals surface area contributed by atoms with Gasteiger partial charge in [-0.2, -0.15) is 0 Å². The standard InChI is InChI=1S/C19H21N3O3/c1-25-15-7-5-13(6-8-15)11-21-18(23)16-10-17(16)19(24)22-12-14-4-2-3-9-20-14/h2-9,16-17H,10-12H2,1H3,(H,21,23)(H,22,24). The normalized spacial score (nSPS) is 18.3. The molecule has 0 radical (unpaired) electrons. The van der Waals surface area contributed by atoms with Crippen molar-refractivity contribution in [2.75, 3.05) is 7.11 Å². The Morgan fingerprint density at radius 2 is 1.72 bits per heavy atom. The maximum atomic E-state index is 12.2. The largest absolute Gasteiger partial charge is 0.497 e. The van der Waals surface area contributed by atoms with Gasteiger partial charge in [-0.3, -0.25) is 14.6 Å². The lowest BCUT2D eigenvalue weighted by Gasteiger charge is -2.07. The molecule has 2 atom stereocenters. The van der Waals surface area contributed by atoms with Crippen molar-refractivity contribution in [2.45, 2.75) is 19.5 Å². The van der Waals surface area contributed by atoms with Crippen LogP contribution in [0.5, 0.6) is 5.75 Å². The molecule has 1 fully saturated rings. The van der Waals surface area contributed by atoms with E-state index in [2.05, 4.69) is 15.6 Å². The van der Waals surface area contributed by atoms with Crippen LogP contribution in [-0.4, -0.2) is 23.9 Å². The van der Waals surface area contributed by atoms with Gasteiger partial charge in [0.2, 0.25) is 11.8 Å². The molecule has 0 spiro atoms. The molecule has 2 aromatic rings. The molecule has 0 aliphatic heterocycles. The summed E-state index contributed by atoms with van der Waals surface area (Å²) >= 11 is 0. The summed E-state index contributed by atoms with van der Waals surface area (Å²) < 4.78 is 5.10. The Morgan fingerprint density at radius 3 is 2.32 bits per heavy atom. The Balaban J connectivity index is 1.41. The summed E-state index contributed by atoms with van der Waals surface area (Å²) in [5, 5.41) is 5.72. The van der Waals surface area contributed by atoms with Gasteiger partial charge < -0.3 is 15.4 Å². The molecule has 3 rings (SSSR count). The summed E-state index contributed by atoms with van der Waals surface area (Å²) in [5.74, 6) is 0.146. The van der Waals surface area contributed by atoms with E-state index in [1.54, 1.807) is 13.3 Å². The van der Waals surface area contributed by atoms with E-state index in [1.165, 1.54) is 0 Å². The first-order chi connectivity index (χ1) is 12.2. The monoisotopic (exact) mass is 339 g/mol. The zero-order valence-corrected chi connectivity index (χ0v) is 14.1. The molecule has 0 bridgehead atoms. The van der Waals surface area contributed by atoms with Crippen molar-refractivity contribution in [3.8, 4) is 5.75 Å².